The van der Waals surface area contributed by atoms with Gasteiger partial charge >= 0.3 is 0 Å². The summed E-state index contributed by atoms with van der Waals surface area (Å²) in [5.74, 6) is 5.61. The van der Waals surface area contributed by atoms with Gasteiger partial charge in [-0.05, 0) is 30.4 Å². The van der Waals surface area contributed by atoms with E-state index in [4.69, 9.17) is 10.6 Å². The molecule has 16 heavy (non-hydrogen) atoms. The molecule has 1 aromatic carbocycles. The normalized spacial score (nSPS) is 17.4. The van der Waals surface area contributed by atoms with Crippen molar-refractivity contribution in [3.8, 4) is 0 Å². The summed E-state index contributed by atoms with van der Waals surface area (Å²) in [6.07, 6.45) is 4.92. The number of nitrogens with two attached hydrogens (primary N) is 1. The fraction of sp³-hybridized carbons (Fsp3) is 0.385. The molecule has 1 heterocycles. The van der Waals surface area contributed by atoms with E-state index in [-0.39, 0.29) is 6.04 Å². The molecule has 1 aliphatic heterocycles. The van der Waals surface area contributed by atoms with Gasteiger partial charge in [0.2, 0.25) is 0 Å². The molecule has 1 unspecified atom stereocenters. The van der Waals surface area contributed by atoms with E-state index in [1.807, 2.05) is 12.3 Å². The summed E-state index contributed by atoms with van der Waals surface area (Å²) in [6, 6.07) is 10.5. The van der Waals surface area contributed by atoms with E-state index < -0.39 is 0 Å². The van der Waals surface area contributed by atoms with Crippen LogP contribution in [0.3, 0.4) is 0 Å². The van der Waals surface area contributed by atoms with Crippen LogP contribution in [0, 0.1) is 0 Å². The SMILES string of the molecule is NNC(Cc1ccccc1)C1=COCCC1. The summed E-state index contributed by atoms with van der Waals surface area (Å²) in [6.45, 7) is 0.826. The Hall–Kier alpha value is -1.32. The Bertz CT molecular complexity index is 348. The standard InChI is InChI=1S/C13H18N2O/c14-15-13(12-7-4-8-16-10-12)9-11-5-2-1-3-6-11/h1-3,5-6,10,13,15H,4,7-9,14H2. The number of benzene rings is 1. The Morgan fingerprint density at radius 2 is 2.12 bits per heavy atom. The van der Waals surface area contributed by atoms with E-state index in [0.717, 1.165) is 25.9 Å². The Labute approximate surface area is 96.3 Å². The van der Waals surface area contributed by atoms with Gasteiger partial charge in [0.1, 0.15) is 0 Å². The van der Waals surface area contributed by atoms with E-state index in [0.29, 0.717) is 0 Å². The zero-order chi connectivity index (χ0) is 11.2. The number of rotatable bonds is 4. The lowest BCUT2D eigenvalue weighted by Gasteiger charge is -2.22. The molecule has 1 aliphatic rings. The highest BCUT2D eigenvalue weighted by atomic mass is 16.5. The molecule has 0 saturated heterocycles. The molecule has 0 spiro atoms. The molecule has 3 N–H and O–H groups in total. The van der Waals surface area contributed by atoms with Crippen LogP contribution in [0.25, 0.3) is 0 Å². The van der Waals surface area contributed by atoms with Gasteiger partial charge in [-0.3, -0.25) is 11.3 Å². The molecule has 0 bridgehead atoms. The molecular formula is C13H18N2O. The van der Waals surface area contributed by atoms with Gasteiger partial charge in [0.05, 0.1) is 12.9 Å². The average molecular weight is 218 g/mol. The van der Waals surface area contributed by atoms with Crippen molar-refractivity contribution in [1.29, 1.82) is 0 Å². The van der Waals surface area contributed by atoms with Crippen LogP contribution < -0.4 is 11.3 Å². The second-order valence-electron chi connectivity index (χ2n) is 4.08. The van der Waals surface area contributed by atoms with E-state index in [9.17, 15) is 0 Å². The molecule has 0 saturated carbocycles. The topological polar surface area (TPSA) is 47.3 Å². The number of ether oxygens (including phenoxy) is 1. The molecule has 3 nitrogen and oxygen atoms in total. The van der Waals surface area contributed by atoms with Crippen molar-refractivity contribution in [2.75, 3.05) is 6.61 Å². The van der Waals surface area contributed by atoms with Crippen molar-refractivity contribution in [3.05, 3.63) is 47.7 Å². The average Bonchev–Trinajstić information content (AvgIpc) is 2.38. The molecule has 3 heteroatoms. The largest absolute Gasteiger partial charge is 0.501 e. The van der Waals surface area contributed by atoms with Crippen molar-refractivity contribution in [1.82, 2.24) is 5.43 Å². The maximum Gasteiger partial charge on any atom is 0.0876 e. The van der Waals surface area contributed by atoms with Crippen molar-refractivity contribution in [2.45, 2.75) is 25.3 Å². The molecule has 0 amide bonds. The zero-order valence-electron chi connectivity index (χ0n) is 9.36. The third kappa shape index (κ3) is 2.84. The first-order valence-corrected chi connectivity index (χ1v) is 5.71. The zero-order valence-corrected chi connectivity index (χ0v) is 9.36. The summed E-state index contributed by atoms with van der Waals surface area (Å²) in [5.41, 5.74) is 5.42. The molecular weight excluding hydrogens is 200 g/mol. The minimum atomic E-state index is 0.183. The van der Waals surface area contributed by atoms with E-state index in [1.165, 1.54) is 11.1 Å². The Kier molecular flexibility index (Phi) is 3.97. The van der Waals surface area contributed by atoms with Crippen molar-refractivity contribution in [3.63, 3.8) is 0 Å². The third-order valence-electron chi connectivity index (χ3n) is 2.89. The number of hydrogen-bond donors (Lipinski definition) is 2. The van der Waals surface area contributed by atoms with Crippen LogP contribution in [0.15, 0.2) is 42.2 Å². The first kappa shape index (κ1) is 11.2. The number of nitrogens with one attached hydrogen (secondary N) is 1. The van der Waals surface area contributed by atoms with Crippen LogP contribution in [0.5, 0.6) is 0 Å². The van der Waals surface area contributed by atoms with Gasteiger partial charge in [0.25, 0.3) is 0 Å². The van der Waals surface area contributed by atoms with Gasteiger partial charge in [-0.15, -0.1) is 0 Å². The predicted octanol–water partition coefficient (Wildman–Crippen LogP) is 1.76. The van der Waals surface area contributed by atoms with E-state index in [2.05, 4.69) is 29.7 Å². The molecule has 2 rings (SSSR count). The fourth-order valence-corrected chi connectivity index (χ4v) is 1.99. The predicted molar refractivity (Wildman–Crippen MR) is 64.5 cm³/mol. The van der Waals surface area contributed by atoms with Crippen LogP contribution in [0.4, 0.5) is 0 Å². The van der Waals surface area contributed by atoms with Crippen LogP contribution in [0.1, 0.15) is 18.4 Å². The fourth-order valence-electron chi connectivity index (χ4n) is 1.99. The Balaban J connectivity index is 2.03. The maximum absolute atomic E-state index is 5.61. The minimum Gasteiger partial charge on any atom is -0.501 e. The van der Waals surface area contributed by atoms with Gasteiger partial charge in [-0.2, -0.15) is 0 Å². The first-order chi connectivity index (χ1) is 7.90. The van der Waals surface area contributed by atoms with Crippen LogP contribution >= 0.6 is 0 Å². The van der Waals surface area contributed by atoms with Gasteiger partial charge < -0.3 is 4.74 Å². The van der Waals surface area contributed by atoms with Crippen molar-refractivity contribution >= 4 is 0 Å². The summed E-state index contributed by atoms with van der Waals surface area (Å²) >= 11 is 0. The lowest BCUT2D eigenvalue weighted by Crippen LogP contribution is -2.39. The lowest BCUT2D eigenvalue weighted by atomic mass is 9.96. The molecule has 86 valence electrons. The maximum atomic E-state index is 5.61. The summed E-state index contributed by atoms with van der Waals surface area (Å²) in [4.78, 5) is 0. The van der Waals surface area contributed by atoms with E-state index >= 15 is 0 Å². The van der Waals surface area contributed by atoms with Crippen LogP contribution in [0.2, 0.25) is 0 Å². The molecule has 0 aliphatic carbocycles. The lowest BCUT2D eigenvalue weighted by molar-refractivity contribution is 0.219. The van der Waals surface area contributed by atoms with Crippen molar-refractivity contribution in [2.24, 2.45) is 5.84 Å². The second kappa shape index (κ2) is 5.68. The quantitative estimate of drug-likeness (QED) is 0.598. The first-order valence-electron chi connectivity index (χ1n) is 5.71. The number of hydrogen-bond acceptors (Lipinski definition) is 3. The highest BCUT2D eigenvalue weighted by Gasteiger charge is 2.15. The summed E-state index contributed by atoms with van der Waals surface area (Å²) in [5, 5.41) is 0. The van der Waals surface area contributed by atoms with Gasteiger partial charge in [0.15, 0.2) is 0 Å². The molecule has 1 aromatic rings. The summed E-state index contributed by atoms with van der Waals surface area (Å²) < 4.78 is 5.34. The third-order valence-corrected chi connectivity index (χ3v) is 2.89. The Morgan fingerprint density at radius 3 is 2.75 bits per heavy atom. The monoisotopic (exact) mass is 218 g/mol. The highest BCUT2D eigenvalue weighted by Crippen LogP contribution is 2.18. The van der Waals surface area contributed by atoms with Gasteiger partial charge in [0, 0.05) is 6.04 Å². The molecule has 1 atom stereocenters. The molecule has 0 fully saturated rings. The highest BCUT2D eigenvalue weighted by molar-refractivity contribution is 5.20. The van der Waals surface area contributed by atoms with Gasteiger partial charge in [-0.1, -0.05) is 30.3 Å². The molecule has 0 aromatic heterocycles. The van der Waals surface area contributed by atoms with Gasteiger partial charge in [-0.25, -0.2) is 0 Å². The van der Waals surface area contributed by atoms with Crippen molar-refractivity contribution < 1.29 is 4.74 Å². The second-order valence-corrected chi connectivity index (χ2v) is 4.08. The Morgan fingerprint density at radius 1 is 1.31 bits per heavy atom. The smallest absolute Gasteiger partial charge is 0.0876 e. The summed E-state index contributed by atoms with van der Waals surface area (Å²) in [7, 11) is 0. The minimum absolute atomic E-state index is 0.183. The molecule has 0 radical (unpaired) electrons. The van der Waals surface area contributed by atoms with Crippen LogP contribution in [-0.2, 0) is 11.2 Å². The van der Waals surface area contributed by atoms with E-state index in [1.54, 1.807) is 0 Å². The number of hydrazine groups is 1. The van der Waals surface area contributed by atoms with Crippen LogP contribution in [-0.4, -0.2) is 12.6 Å².